The third-order valence-corrected chi connectivity index (χ3v) is 4.36. The Morgan fingerprint density at radius 1 is 1.50 bits per heavy atom. The second kappa shape index (κ2) is 4.76. The molecule has 1 aliphatic heterocycles. The van der Waals surface area contributed by atoms with Crippen molar-refractivity contribution < 1.29 is 9.21 Å². The highest BCUT2D eigenvalue weighted by Crippen LogP contribution is 2.58. The highest BCUT2D eigenvalue weighted by Gasteiger charge is 2.57. The molecule has 98 valence electrons. The Bertz CT molecular complexity index is 407. The molecule has 1 atom stereocenters. The van der Waals surface area contributed by atoms with Crippen LogP contribution in [0.15, 0.2) is 22.8 Å². The highest BCUT2D eigenvalue weighted by molar-refractivity contribution is 5.82. The van der Waals surface area contributed by atoms with Gasteiger partial charge in [0.05, 0.1) is 6.26 Å². The topological polar surface area (TPSA) is 54.3 Å². The van der Waals surface area contributed by atoms with Crippen molar-refractivity contribution in [1.82, 2.24) is 10.6 Å². The van der Waals surface area contributed by atoms with E-state index in [1.54, 1.807) is 6.26 Å². The van der Waals surface area contributed by atoms with Crippen LogP contribution in [-0.2, 0) is 11.2 Å². The Labute approximate surface area is 107 Å². The molecule has 1 saturated carbocycles. The van der Waals surface area contributed by atoms with Gasteiger partial charge < -0.3 is 15.1 Å². The molecular weight excluding hydrogens is 228 g/mol. The third kappa shape index (κ3) is 2.29. The first kappa shape index (κ1) is 11.8. The molecular formula is C14H20N2O2. The Morgan fingerprint density at radius 3 is 3.06 bits per heavy atom. The van der Waals surface area contributed by atoms with Gasteiger partial charge in [0, 0.05) is 18.9 Å². The Balaban J connectivity index is 1.43. The predicted molar refractivity (Wildman–Crippen MR) is 68.1 cm³/mol. The van der Waals surface area contributed by atoms with Crippen LogP contribution in [0.5, 0.6) is 0 Å². The van der Waals surface area contributed by atoms with Gasteiger partial charge in [-0.05, 0) is 49.9 Å². The lowest BCUT2D eigenvalue weighted by molar-refractivity contribution is -0.123. The molecule has 2 heterocycles. The molecule has 1 aromatic rings. The zero-order chi connectivity index (χ0) is 12.4. The number of hydrogen-bond donors (Lipinski definition) is 2. The smallest absolute Gasteiger partial charge is 0.223 e. The summed E-state index contributed by atoms with van der Waals surface area (Å²) >= 11 is 0. The minimum absolute atomic E-state index is 0.239. The second-order valence-electron chi connectivity index (χ2n) is 5.49. The van der Waals surface area contributed by atoms with E-state index in [9.17, 15) is 4.79 Å². The molecule has 3 rings (SSSR count). The van der Waals surface area contributed by atoms with Gasteiger partial charge in [-0.1, -0.05) is 0 Å². The van der Waals surface area contributed by atoms with Gasteiger partial charge in [-0.25, -0.2) is 0 Å². The number of carbonyl (C=O) groups is 1. The molecule has 4 nitrogen and oxygen atoms in total. The SMILES string of the molecule is O=C(NCCc1ccco1)C1CC12CCNCC2. The van der Waals surface area contributed by atoms with E-state index in [1.165, 1.54) is 0 Å². The number of furan rings is 1. The summed E-state index contributed by atoms with van der Waals surface area (Å²) in [6.45, 7) is 2.81. The molecule has 1 aromatic heterocycles. The van der Waals surface area contributed by atoms with E-state index in [1.807, 2.05) is 12.1 Å². The van der Waals surface area contributed by atoms with Gasteiger partial charge in [0.1, 0.15) is 5.76 Å². The molecule has 0 radical (unpaired) electrons. The van der Waals surface area contributed by atoms with Gasteiger partial charge in [-0.2, -0.15) is 0 Å². The Hall–Kier alpha value is -1.29. The van der Waals surface area contributed by atoms with Crippen LogP contribution in [-0.4, -0.2) is 25.5 Å². The van der Waals surface area contributed by atoms with Crippen LogP contribution in [0.4, 0.5) is 0 Å². The van der Waals surface area contributed by atoms with Crippen molar-refractivity contribution in [2.24, 2.45) is 11.3 Å². The Kier molecular flexibility index (Phi) is 3.12. The van der Waals surface area contributed by atoms with Crippen LogP contribution in [0.25, 0.3) is 0 Å². The molecule has 1 spiro atoms. The molecule has 2 N–H and O–H groups in total. The summed E-state index contributed by atoms with van der Waals surface area (Å²) in [6.07, 6.45) is 5.84. The van der Waals surface area contributed by atoms with Gasteiger partial charge in [-0.3, -0.25) is 4.79 Å². The maximum absolute atomic E-state index is 12.0. The van der Waals surface area contributed by atoms with Crippen molar-refractivity contribution in [2.75, 3.05) is 19.6 Å². The molecule has 4 heteroatoms. The second-order valence-corrected chi connectivity index (χ2v) is 5.49. The van der Waals surface area contributed by atoms with E-state index >= 15 is 0 Å². The molecule has 0 bridgehead atoms. The molecule has 1 amide bonds. The van der Waals surface area contributed by atoms with Crippen molar-refractivity contribution in [3.63, 3.8) is 0 Å². The maximum Gasteiger partial charge on any atom is 0.223 e. The van der Waals surface area contributed by atoms with Crippen LogP contribution in [0.2, 0.25) is 0 Å². The van der Waals surface area contributed by atoms with Crippen LogP contribution in [0, 0.1) is 11.3 Å². The number of carbonyl (C=O) groups excluding carboxylic acids is 1. The third-order valence-electron chi connectivity index (χ3n) is 4.36. The zero-order valence-electron chi connectivity index (χ0n) is 10.6. The number of hydrogen-bond acceptors (Lipinski definition) is 3. The first-order valence-corrected chi connectivity index (χ1v) is 6.81. The molecule has 0 aromatic carbocycles. The zero-order valence-corrected chi connectivity index (χ0v) is 10.6. The fourth-order valence-corrected chi connectivity index (χ4v) is 3.08. The largest absolute Gasteiger partial charge is 0.469 e. The van der Waals surface area contributed by atoms with Crippen LogP contribution in [0.3, 0.4) is 0 Å². The summed E-state index contributed by atoms with van der Waals surface area (Å²) in [5, 5.41) is 6.39. The van der Waals surface area contributed by atoms with Crippen LogP contribution < -0.4 is 10.6 Å². The van der Waals surface area contributed by atoms with Gasteiger partial charge in [0.15, 0.2) is 0 Å². The summed E-state index contributed by atoms with van der Waals surface area (Å²) in [5.74, 6) is 1.43. The Morgan fingerprint density at radius 2 is 2.33 bits per heavy atom. The lowest BCUT2D eigenvalue weighted by atomic mass is 9.92. The standard InChI is InChI=1S/C14H20N2O2/c17-13(16-6-3-11-2-1-9-18-11)12-10-14(12)4-7-15-8-5-14/h1-2,9,12,15H,3-8,10H2,(H,16,17). The van der Waals surface area contributed by atoms with E-state index < -0.39 is 0 Å². The minimum atomic E-state index is 0.239. The van der Waals surface area contributed by atoms with E-state index in [-0.39, 0.29) is 11.8 Å². The average molecular weight is 248 g/mol. The van der Waals surface area contributed by atoms with Crippen LogP contribution >= 0.6 is 0 Å². The number of nitrogens with one attached hydrogen (secondary N) is 2. The monoisotopic (exact) mass is 248 g/mol. The summed E-state index contributed by atoms with van der Waals surface area (Å²) in [6, 6.07) is 3.82. The number of amides is 1. The van der Waals surface area contributed by atoms with Crippen molar-refractivity contribution in [3.05, 3.63) is 24.2 Å². The molecule has 18 heavy (non-hydrogen) atoms. The number of piperidine rings is 1. The molecule has 2 aliphatic rings. The van der Waals surface area contributed by atoms with Gasteiger partial charge in [0.25, 0.3) is 0 Å². The van der Waals surface area contributed by atoms with E-state index in [0.717, 1.165) is 44.5 Å². The molecule has 1 aliphatic carbocycles. The fraction of sp³-hybridized carbons (Fsp3) is 0.643. The van der Waals surface area contributed by atoms with Crippen molar-refractivity contribution in [1.29, 1.82) is 0 Å². The normalized spacial score (nSPS) is 25.0. The average Bonchev–Trinajstić information content (AvgIpc) is 2.85. The maximum atomic E-state index is 12.0. The van der Waals surface area contributed by atoms with Gasteiger partial charge >= 0.3 is 0 Å². The lowest BCUT2D eigenvalue weighted by Crippen LogP contribution is -2.34. The minimum Gasteiger partial charge on any atom is -0.469 e. The van der Waals surface area contributed by atoms with E-state index in [2.05, 4.69) is 10.6 Å². The summed E-state index contributed by atoms with van der Waals surface area (Å²) < 4.78 is 5.24. The summed E-state index contributed by atoms with van der Waals surface area (Å²) in [5.41, 5.74) is 0.333. The molecule has 2 fully saturated rings. The quantitative estimate of drug-likeness (QED) is 0.845. The molecule has 1 saturated heterocycles. The van der Waals surface area contributed by atoms with Gasteiger partial charge in [-0.15, -0.1) is 0 Å². The first-order valence-electron chi connectivity index (χ1n) is 6.81. The van der Waals surface area contributed by atoms with Crippen molar-refractivity contribution in [2.45, 2.75) is 25.7 Å². The summed E-state index contributed by atoms with van der Waals surface area (Å²) in [7, 11) is 0. The first-order chi connectivity index (χ1) is 8.80. The van der Waals surface area contributed by atoms with Gasteiger partial charge in [0.2, 0.25) is 5.91 Å². The summed E-state index contributed by atoms with van der Waals surface area (Å²) in [4.78, 5) is 12.0. The van der Waals surface area contributed by atoms with Crippen molar-refractivity contribution in [3.8, 4) is 0 Å². The lowest BCUT2D eigenvalue weighted by Gasteiger charge is -2.23. The highest BCUT2D eigenvalue weighted by atomic mass is 16.3. The fourth-order valence-electron chi connectivity index (χ4n) is 3.08. The predicted octanol–water partition coefficient (Wildman–Crippen LogP) is 1.33. The van der Waals surface area contributed by atoms with E-state index in [0.29, 0.717) is 12.0 Å². The van der Waals surface area contributed by atoms with E-state index in [4.69, 9.17) is 4.42 Å². The number of rotatable bonds is 4. The van der Waals surface area contributed by atoms with Crippen molar-refractivity contribution >= 4 is 5.91 Å². The van der Waals surface area contributed by atoms with Crippen LogP contribution in [0.1, 0.15) is 25.0 Å². The molecule has 1 unspecified atom stereocenters.